The van der Waals surface area contributed by atoms with Crippen LogP contribution in [0.25, 0.3) is 0 Å². The van der Waals surface area contributed by atoms with Gasteiger partial charge in [-0.2, -0.15) is 9.78 Å². The molecule has 1 saturated heterocycles. The second-order valence-corrected chi connectivity index (χ2v) is 11.5. The Kier molecular flexibility index (Phi) is 7.01. The first-order valence-electron chi connectivity index (χ1n) is 12.1. The molecular formula is C29H21N5O3S3. The Labute approximate surface area is 244 Å². The second kappa shape index (κ2) is 10.8. The quantitative estimate of drug-likeness (QED) is 0.163. The molecule has 0 radical (unpaired) electrons. The summed E-state index contributed by atoms with van der Waals surface area (Å²) in [4.78, 5) is 36.1. The number of fused-ring (bicyclic) bond motifs is 1. The number of ether oxygens (including phenoxy) is 1. The first-order chi connectivity index (χ1) is 19.4. The molecule has 0 N–H and O–H groups in total. The summed E-state index contributed by atoms with van der Waals surface area (Å²) >= 11 is 8.04. The van der Waals surface area contributed by atoms with Gasteiger partial charge in [-0.3, -0.25) is 19.4 Å². The van der Waals surface area contributed by atoms with Gasteiger partial charge < -0.3 is 4.74 Å². The monoisotopic (exact) mass is 583 g/mol. The molecule has 2 aliphatic rings. The molecular weight excluding hydrogens is 563 g/mol. The van der Waals surface area contributed by atoms with E-state index in [1.807, 2.05) is 90.7 Å². The zero-order valence-corrected chi connectivity index (χ0v) is 23.8. The highest BCUT2D eigenvalue weighted by Crippen LogP contribution is 2.52. The first-order valence-corrected chi connectivity index (χ1v) is 14.2. The van der Waals surface area contributed by atoms with Crippen molar-refractivity contribution in [1.82, 2.24) is 9.66 Å². The number of carbonyl (C=O) groups excluding carboxylic acids is 1. The highest BCUT2D eigenvalue weighted by molar-refractivity contribution is 8.27. The molecule has 2 aliphatic heterocycles. The third kappa shape index (κ3) is 4.72. The first kappa shape index (κ1) is 26.1. The van der Waals surface area contributed by atoms with E-state index in [0.717, 1.165) is 22.6 Å². The predicted molar refractivity (Wildman–Crippen MR) is 165 cm³/mol. The molecule has 0 spiro atoms. The summed E-state index contributed by atoms with van der Waals surface area (Å²) in [6, 6.07) is 24.5. The number of amides is 1. The van der Waals surface area contributed by atoms with Crippen LogP contribution in [0.1, 0.15) is 11.1 Å². The Morgan fingerprint density at radius 2 is 1.60 bits per heavy atom. The fourth-order valence-electron chi connectivity index (χ4n) is 4.19. The summed E-state index contributed by atoms with van der Waals surface area (Å²) in [5.41, 5.74) is 3.01. The second-order valence-electron chi connectivity index (χ2n) is 8.82. The molecule has 0 unspecified atom stereocenters. The smallest absolute Gasteiger partial charge is 0.290 e. The van der Waals surface area contributed by atoms with Crippen LogP contribution in [-0.4, -0.2) is 33.2 Å². The van der Waals surface area contributed by atoms with Crippen molar-refractivity contribution in [2.45, 2.75) is 11.8 Å². The molecule has 0 saturated carbocycles. The molecule has 0 aliphatic carbocycles. The Bertz CT molecular complexity index is 1750. The Hall–Kier alpha value is -4.19. The van der Waals surface area contributed by atoms with E-state index >= 15 is 0 Å². The van der Waals surface area contributed by atoms with Gasteiger partial charge in [-0.05, 0) is 61.0 Å². The summed E-state index contributed by atoms with van der Waals surface area (Å²) in [5, 5.41) is 4.92. The van der Waals surface area contributed by atoms with E-state index in [1.54, 1.807) is 13.3 Å². The molecule has 8 nitrogen and oxygen atoms in total. The molecule has 3 heterocycles. The largest absolute Gasteiger partial charge is 0.497 e. The zero-order valence-electron chi connectivity index (χ0n) is 21.3. The molecule has 0 bridgehead atoms. The molecule has 1 aromatic heterocycles. The number of aromatic nitrogens is 2. The van der Waals surface area contributed by atoms with E-state index in [0.29, 0.717) is 30.7 Å². The molecule has 198 valence electrons. The highest BCUT2D eigenvalue weighted by Gasteiger charge is 2.42. The van der Waals surface area contributed by atoms with Gasteiger partial charge in [0.05, 0.1) is 19.0 Å². The van der Waals surface area contributed by atoms with Crippen molar-refractivity contribution in [2.75, 3.05) is 16.9 Å². The minimum Gasteiger partial charge on any atom is -0.497 e. The fourth-order valence-corrected chi connectivity index (χ4v) is 6.76. The zero-order chi connectivity index (χ0) is 27.8. The molecule has 1 fully saturated rings. The van der Waals surface area contributed by atoms with Gasteiger partial charge in [-0.1, -0.05) is 71.6 Å². The van der Waals surface area contributed by atoms with Crippen molar-refractivity contribution in [3.8, 4) is 5.75 Å². The number of para-hydroxylation sites is 1. The SMILES string of the molecule is COc1ccc(/C=N/n2cnc3c(c2=O)S/C(=C2/SC(=S)N(c4ccc(C)cc4)C2=O)N3c2ccccc2)cc1. The van der Waals surface area contributed by atoms with Crippen LogP contribution in [0.5, 0.6) is 5.75 Å². The number of rotatable bonds is 5. The average Bonchev–Trinajstić information content (AvgIpc) is 3.51. The van der Waals surface area contributed by atoms with Crippen molar-refractivity contribution in [3.63, 3.8) is 0 Å². The van der Waals surface area contributed by atoms with Crippen LogP contribution in [0.15, 0.2) is 110 Å². The number of benzene rings is 3. The van der Waals surface area contributed by atoms with Crippen molar-refractivity contribution >= 4 is 69.4 Å². The van der Waals surface area contributed by atoms with Gasteiger partial charge in [0, 0.05) is 5.69 Å². The van der Waals surface area contributed by atoms with Crippen LogP contribution in [0, 0.1) is 6.92 Å². The molecule has 3 aromatic carbocycles. The van der Waals surface area contributed by atoms with Crippen molar-refractivity contribution < 1.29 is 9.53 Å². The topological polar surface area (TPSA) is 80.0 Å². The minimum absolute atomic E-state index is 0.243. The molecule has 0 atom stereocenters. The lowest BCUT2D eigenvalue weighted by Gasteiger charge is -2.20. The predicted octanol–water partition coefficient (Wildman–Crippen LogP) is 5.92. The number of thioether (sulfide) groups is 2. The summed E-state index contributed by atoms with van der Waals surface area (Å²) in [7, 11) is 1.60. The van der Waals surface area contributed by atoms with Gasteiger partial charge in [0.15, 0.2) is 10.1 Å². The lowest BCUT2D eigenvalue weighted by molar-refractivity contribution is -0.113. The highest BCUT2D eigenvalue weighted by atomic mass is 32.2. The lowest BCUT2D eigenvalue weighted by atomic mass is 10.2. The van der Waals surface area contributed by atoms with Crippen molar-refractivity contribution in [2.24, 2.45) is 5.10 Å². The van der Waals surface area contributed by atoms with E-state index in [-0.39, 0.29) is 11.5 Å². The molecule has 4 aromatic rings. The molecule has 1 amide bonds. The van der Waals surface area contributed by atoms with Gasteiger partial charge >= 0.3 is 0 Å². The van der Waals surface area contributed by atoms with E-state index < -0.39 is 0 Å². The number of methoxy groups -OCH3 is 1. The number of hydrogen-bond acceptors (Lipinski definition) is 9. The Morgan fingerprint density at radius 3 is 2.30 bits per heavy atom. The standard InChI is InChI=1S/C29H21N5O3S3/c1-18-8-12-21(13-9-18)34-27(36)24(40-29(34)38)28-33(20-6-4-3-5-7-20)25-23(39-28)26(35)32(17-30-25)31-16-19-10-14-22(37-2)15-11-19/h3-17H,1-2H3/b28-24+,31-16+. The maximum absolute atomic E-state index is 13.8. The van der Waals surface area contributed by atoms with E-state index in [2.05, 4.69) is 10.1 Å². The number of nitrogens with zero attached hydrogens (tertiary/aromatic N) is 5. The van der Waals surface area contributed by atoms with Crippen LogP contribution < -0.4 is 20.1 Å². The summed E-state index contributed by atoms with van der Waals surface area (Å²) < 4.78 is 6.81. The molecule has 11 heteroatoms. The van der Waals surface area contributed by atoms with Crippen molar-refractivity contribution in [3.05, 3.63) is 117 Å². The maximum atomic E-state index is 13.8. The van der Waals surface area contributed by atoms with Crippen LogP contribution in [0.4, 0.5) is 17.2 Å². The number of hydrogen-bond donors (Lipinski definition) is 0. The van der Waals surface area contributed by atoms with Gasteiger partial charge in [0.25, 0.3) is 11.5 Å². The summed E-state index contributed by atoms with van der Waals surface area (Å²) in [6.07, 6.45) is 2.97. The van der Waals surface area contributed by atoms with Gasteiger partial charge in [-0.25, -0.2) is 4.98 Å². The summed E-state index contributed by atoms with van der Waals surface area (Å²) in [5.74, 6) is 0.923. The van der Waals surface area contributed by atoms with Crippen molar-refractivity contribution in [1.29, 1.82) is 0 Å². The maximum Gasteiger partial charge on any atom is 0.290 e. The number of carbonyl (C=O) groups is 1. The van der Waals surface area contributed by atoms with Gasteiger partial charge in [0.2, 0.25) is 0 Å². The number of thiocarbonyl (C=S) groups is 1. The third-order valence-corrected chi connectivity index (χ3v) is 8.86. The van der Waals surface area contributed by atoms with Crippen LogP contribution >= 0.6 is 35.7 Å². The third-order valence-electron chi connectivity index (χ3n) is 6.23. The van der Waals surface area contributed by atoms with E-state index in [9.17, 15) is 9.59 Å². The van der Waals surface area contributed by atoms with Crippen LogP contribution in [0.2, 0.25) is 0 Å². The minimum atomic E-state index is -0.343. The van der Waals surface area contributed by atoms with Gasteiger partial charge in [-0.15, -0.1) is 0 Å². The number of aryl methyl sites for hydroxylation is 1. The Balaban J connectivity index is 1.41. The normalized spacial score (nSPS) is 16.8. The average molecular weight is 584 g/mol. The van der Waals surface area contributed by atoms with Crippen LogP contribution in [-0.2, 0) is 4.79 Å². The molecule has 6 rings (SSSR count). The fraction of sp³-hybridized carbons (Fsp3) is 0.0690. The molecule has 40 heavy (non-hydrogen) atoms. The lowest BCUT2D eigenvalue weighted by Crippen LogP contribution is -2.28. The Morgan fingerprint density at radius 1 is 0.900 bits per heavy atom. The number of anilines is 3. The van der Waals surface area contributed by atoms with E-state index in [4.69, 9.17) is 17.0 Å². The van der Waals surface area contributed by atoms with Gasteiger partial charge in [0.1, 0.15) is 26.9 Å². The summed E-state index contributed by atoms with van der Waals surface area (Å²) in [6.45, 7) is 1.99. The van der Waals surface area contributed by atoms with Crippen LogP contribution in [0.3, 0.4) is 0 Å². The van der Waals surface area contributed by atoms with E-state index in [1.165, 1.54) is 39.4 Å².